The van der Waals surface area contributed by atoms with Gasteiger partial charge < -0.3 is 15.0 Å². The Morgan fingerprint density at radius 3 is 2.41 bits per heavy atom. The average molecular weight is 415 g/mol. The van der Waals surface area contributed by atoms with Gasteiger partial charge in [0.15, 0.2) is 6.10 Å². The van der Waals surface area contributed by atoms with E-state index in [4.69, 9.17) is 16.3 Å². The number of nitrogens with zero attached hydrogens (tertiary/aromatic N) is 1. The van der Waals surface area contributed by atoms with Crippen LogP contribution in [0.15, 0.2) is 48.5 Å². The van der Waals surface area contributed by atoms with Crippen LogP contribution in [0.2, 0.25) is 5.02 Å². The zero-order valence-electron chi connectivity index (χ0n) is 16.9. The second kappa shape index (κ2) is 9.79. The van der Waals surface area contributed by atoms with Crippen molar-refractivity contribution in [2.24, 2.45) is 0 Å². The minimum atomic E-state index is -0.712. The maximum Gasteiger partial charge on any atom is 0.267 e. The minimum Gasteiger partial charge on any atom is -0.481 e. The Hall–Kier alpha value is -2.53. The van der Waals surface area contributed by atoms with Crippen molar-refractivity contribution in [3.8, 4) is 5.75 Å². The first-order chi connectivity index (χ1) is 14.0. The van der Waals surface area contributed by atoms with Gasteiger partial charge >= 0.3 is 0 Å². The number of para-hydroxylation sites is 1. The van der Waals surface area contributed by atoms with Crippen molar-refractivity contribution in [1.29, 1.82) is 0 Å². The molecule has 1 aliphatic carbocycles. The number of hydrogen-bond acceptors (Lipinski definition) is 3. The molecule has 6 heteroatoms. The monoisotopic (exact) mass is 414 g/mol. The smallest absolute Gasteiger partial charge is 0.267 e. The summed E-state index contributed by atoms with van der Waals surface area (Å²) < 4.78 is 5.75. The number of benzene rings is 2. The Labute approximate surface area is 177 Å². The predicted octanol–water partition coefficient (Wildman–Crippen LogP) is 4.83. The lowest BCUT2D eigenvalue weighted by atomic mass is 9.95. The van der Waals surface area contributed by atoms with Crippen molar-refractivity contribution in [3.05, 3.63) is 59.1 Å². The van der Waals surface area contributed by atoms with E-state index in [1.807, 2.05) is 12.1 Å². The molecule has 154 valence electrons. The summed E-state index contributed by atoms with van der Waals surface area (Å²) in [5, 5.41) is 3.73. The molecule has 0 heterocycles. The molecular formula is C23H27ClN2O3. The molecule has 0 aliphatic heterocycles. The highest BCUT2D eigenvalue weighted by Crippen LogP contribution is 2.23. The summed E-state index contributed by atoms with van der Waals surface area (Å²) in [6, 6.07) is 14.2. The van der Waals surface area contributed by atoms with Gasteiger partial charge in [0.2, 0.25) is 0 Å². The van der Waals surface area contributed by atoms with E-state index in [1.54, 1.807) is 50.4 Å². The number of likely N-dealkylation sites (N-methyl/N-ethyl adjacent to an activating group) is 1. The molecule has 29 heavy (non-hydrogen) atoms. The fraction of sp³-hybridized carbons (Fsp3) is 0.391. The van der Waals surface area contributed by atoms with E-state index in [9.17, 15) is 9.59 Å². The number of hydrogen-bond donors (Lipinski definition) is 1. The van der Waals surface area contributed by atoms with Crippen molar-refractivity contribution in [2.45, 2.75) is 51.2 Å². The van der Waals surface area contributed by atoms with Crippen LogP contribution in [-0.2, 0) is 4.79 Å². The first-order valence-corrected chi connectivity index (χ1v) is 10.4. The Bertz CT molecular complexity index is 847. The second-order valence-corrected chi connectivity index (χ2v) is 7.87. The molecule has 1 N–H and O–H groups in total. The van der Waals surface area contributed by atoms with Gasteiger partial charge in [-0.05, 0) is 56.2 Å². The number of nitrogens with one attached hydrogen (secondary N) is 1. The number of carbonyl (C=O) groups excluding carboxylic acids is 2. The molecular weight excluding hydrogens is 388 g/mol. The van der Waals surface area contributed by atoms with E-state index in [0.29, 0.717) is 22.0 Å². The molecule has 5 nitrogen and oxygen atoms in total. The number of amides is 2. The summed E-state index contributed by atoms with van der Waals surface area (Å²) in [6.45, 7) is 1.69. The maximum absolute atomic E-state index is 12.9. The van der Waals surface area contributed by atoms with Crippen molar-refractivity contribution in [3.63, 3.8) is 0 Å². The van der Waals surface area contributed by atoms with Crippen LogP contribution in [-0.4, -0.2) is 31.0 Å². The van der Waals surface area contributed by atoms with Crippen LogP contribution in [0, 0.1) is 0 Å². The predicted molar refractivity (Wildman–Crippen MR) is 116 cm³/mol. The van der Waals surface area contributed by atoms with Crippen LogP contribution in [0.4, 0.5) is 5.69 Å². The summed E-state index contributed by atoms with van der Waals surface area (Å²) in [6.07, 6.45) is 4.82. The van der Waals surface area contributed by atoms with Crippen LogP contribution in [0.25, 0.3) is 0 Å². The fourth-order valence-electron chi connectivity index (χ4n) is 3.63. The maximum atomic E-state index is 12.9. The largest absolute Gasteiger partial charge is 0.481 e. The van der Waals surface area contributed by atoms with Crippen molar-refractivity contribution in [1.82, 2.24) is 5.32 Å². The molecule has 0 saturated heterocycles. The average Bonchev–Trinajstić information content (AvgIpc) is 2.75. The number of anilines is 1. The quantitative estimate of drug-likeness (QED) is 0.736. The highest BCUT2D eigenvalue weighted by molar-refractivity contribution is 6.30. The fourth-order valence-corrected chi connectivity index (χ4v) is 3.75. The molecule has 3 rings (SSSR count). The zero-order chi connectivity index (χ0) is 20.8. The normalized spacial score (nSPS) is 15.4. The Balaban J connectivity index is 1.70. The molecule has 0 bridgehead atoms. The second-order valence-electron chi connectivity index (χ2n) is 7.44. The SMILES string of the molecule is CC(Oc1ccc(Cl)cc1)C(=O)N(C)c1ccccc1C(=O)NC1CCCCC1. The number of ether oxygens (including phenoxy) is 1. The molecule has 1 saturated carbocycles. The Morgan fingerprint density at radius 1 is 1.07 bits per heavy atom. The van der Waals surface area contributed by atoms with Gasteiger partial charge in [0.1, 0.15) is 5.75 Å². The molecule has 1 unspecified atom stereocenters. The lowest BCUT2D eigenvalue weighted by Gasteiger charge is -2.26. The lowest BCUT2D eigenvalue weighted by molar-refractivity contribution is -0.124. The first kappa shape index (κ1) is 21.2. The number of halogens is 1. The number of rotatable bonds is 6. The highest BCUT2D eigenvalue weighted by atomic mass is 35.5. The van der Waals surface area contributed by atoms with E-state index >= 15 is 0 Å². The van der Waals surface area contributed by atoms with Gasteiger partial charge in [-0.3, -0.25) is 9.59 Å². The van der Waals surface area contributed by atoms with Crippen molar-refractivity contribution in [2.75, 3.05) is 11.9 Å². The molecule has 1 fully saturated rings. The van der Waals surface area contributed by atoms with Crippen LogP contribution in [0.1, 0.15) is 49.4 Å². The van der Waals surface area contributed by atoms with E-state index < -0.39 is 6.10 Å². The molecule has 0 aromatic heterocycles. The topological polar surface area (TPSA) is 58.6 Å². The summed E-state index contributed by atoms with van der Waals surface area (Å²) >= 11 is 5.89. The van der Waals surface area contributed by atoms with Gasteiger partial charge in [-0.2, -0.15) is 0 Å². The molecule has 0 spiro atoms. The van der Waals surface area contributed by atoms with Gasteiger partial charge in [-0.25, -0.2) is 0 Å². The minimum absolute atomic E-state index is 0.140. The van der Waals surface area contributed by atoms with Crippen LogP contribution in [0.3, 0.4) is 0 Å². The highest BCUT2D eigenvalue weighted by Gasteiger charge is 2.25. The summed E-state index contributed by atoms with van der Waals surface area (Å²) in [5.74, 6) is 0.184. The standard InChI is InChI=1S/C23H27ClN2O3/c1-16(29-19-14-12-17(24)13-15-19)23(28)26(2)21-11-7-6-10-20(21)22(27)25-18-8-4-3-5-9-18/h6-7,10-16,18H,3-5,8-9H2,1-2H3,(H,25,27). The van der Waals surface area contributed by atoms with Crippen LogP contribution < -0.4 is 15.0 Å². The van der Waals surface area contributed by atoms with E-state index in [1.165, 1.54) is 11.3 Å². The van der Waals surface area contributed by atoms with E-state index in [-0.39, 0.29) is 17.9 Å². The van der Waals surface area contributed by atoms with Crippen molar-refractivity contribution < 1.29 is 14.3 Å². The van der Waals surface area contributed by atoms with E-state index in [0.717, 1.165) is 25.7 Å². The van der Waals surface area contributed by atoms with Gasteiger partial charge in [0.25, 0.3) is 11.8 Å². The van der Waals surface area contributed by atoms with Crippen LogP contribution in [0.5, 0.6) is 5.75 Å². The molecule has 1 atom stereocenters. The molecule has 2 amide bonds. The van der Waals surface area contributed by atoms with Gasteiger partial charge in [-0.1, -0.05) is 43.0 Å². The first-order valence-electron chi connectivity index (χ1n) is 10.1. The number of carbonyl (C=O) groups is 2. The van der Waals surface area contributed by atoms with Gasteiger partial charge in [0, 0.05) is 18.1 Å². The van der Waals surface area contributed by atoms with Gasteiger partial charge in [-0.15, -0.1) is 0 Å². The molecule has 0 radical (unpaired) electrons. The Kier molecular flexibility index (Phi) is 7.15. The third kappa shape index (κ3) is 5.51. The van der Waals surface area contributed by atoms with E-state index in [2.05, 4.69) is 5.32 Å². The third-order valence-corrected chi connectivity index (χ3v) is 5.51. The molecule has 1 aliphatic rings. The summed E-state index contributed by atoms with van der Waals surface area (Å²) in [5.41, 5.74) is 1.06. The summed E-state index contributed by atoms with van der Waals surface area (Å²) in [7, 11) is 1.66. The molecule has 2 aromatic carbocycles. The molecule has 2 aromatic rings. The summed E-state index contributed by atoms with van der Waals surface area (Å²) in [4.78, 5) is 27.3. The Morgan fingerprint density at radius 2 is 1.72 bits per heavy atom. The lowest BCUT2D eigenvalue weighted by Crippen LogP contribution is -2.40. The van der Waals surface area contributed by atoms with Crippen molar-refractivity contribution >= 4 is 29.1 Å². The zero-order valence-corrected chi connectivity index (χ0v) is 17.6. The van der Waals surface area contributed by atoms with Gasteiger partial charge in [0.05, 0.1) is 11.3 Å². The van der Waals surface area contributed by atoms with Crippen LogP contribution >= 0.6 is 11.6 Å². The third-order valence-electron chi connectivity index (χ3n) is 5.26.